The Morgan fingerprint density at radius 2 is 1.71 bits per heavy atom. The van der Waals surface area contributed by atoms with E-state index in [9.17, 15) is 17.6 Å². The van der Waals surface area contributed by atoms with Gasteiger partial charge < -0.3 is 5.32 Å². The summed E-state index contributed by atoms with van der Waals surface area (Å²) in [6.07, 6.45) is 0.969. The summed E-state index contributed by atoms with van der Waals surface area (Å²) >= 11 is 3.30. The van der Waals surface area contributed by atoms with E-state index in [4.69, 9.17) is 0 Å². The molecule has 0 saturated carbocycles. The molecule has 1 aliphatic heterocycles. The van der Waals surface area contributed by atoms with Crippen LogP contribution in [0.1, 0.15) is 30.6 Å². The highest BCUT2D eigenvalue weighted by Gasteiger charge is 2.32. The number of sulfonamides is 1. The lowest BCUT2D eigenvalue weighted by atomic mass is 9.94. The average molecular weight is 469 g/mol. The molecule has 2 aromatic rings. The van der Waals surface area contributed by atoms with Gasteiger partial charge in [0.2, 0.25) is 10.0 Å². The topological polar surface area (TPSA) is 66.5 Å². The van der Waals surface area contributed by atoms with Gasteiger partial charge in [0.1, 0.15) is 5.82 Å². The quantitative estimate of drug-likeness (QED) is 0.717. The van der Waals surface area contributed by atoms with Crippen LogP contribution in [0.5, 0.6) is 0 Å². The van der Waals surface area contributed by atoms with E-state index >= 15 is 0 Å². The molecule has 0 aromatic heterocycles. The third kappa shape index (κ3) is 4.61. The molecule has 1 N–H and O–H groups in total. The zero-order valence-corrected chi connectivity index (χ0v) is 18.1. The van der Waals surface area contributed by atoms with Gasteiger partial charge >= 0.3 is 0 Å². The second kappa shape index (κ2) is 8.31. The van der Waals surface area contributed by atoms with Gasteiger partial charge in [-0.15, -0.1) is 0 Å². The van der Waals surface area contributed by atoms with Crippen molar-refractivity contribution in [3.8, 4) is 0 Å². The van der Waals surface area contributed by atoms with E-state index in [1.165, 1.54) is 10.4 Å². The second-order valence-corrected chi connectivity index (χ2v) is 10.2. The fraction of sp³-hybridized carbons (Fsp3) is 0.350. The Morgan fingerprint density at radius 3 is 2.32 bits per heavy atom. The van der Waals surface area contributed by atoms with Gasteiger partial charge in [-0.2, -0.15) is 4.31 Å². The fourth-order valence-corrected chi connectivity index (χ4v) is 5.49. The lowest BCUT2D eigenvalue weighted by molar-refractivity contribution is 0.102. The first kappa shape index (κ1) is 21.0. The third-order valence-corrected chi connectivity index (χ3v) is 7.11. The minimum Gasteiger partial charge on any atom is -0.322 e. The molecule has 1 amide bonds. The summed E-state index contributed by atoms with van der Waals surface area (Å²) in [4.78, 5) is 12.4. The van der Waals surface area contributed by atoms with E-state index in [-0.39, 0.29) is 22.3 Å². The summed E-state index contributed by atoms with van der Waals surface area (Å²) in [5.41, 5.74) is 0.182. The molecular weight excluding hydrogens is 447 g/mol. The summed E-state index contributed by atoms with van der Waals surface area (Å²) in [5, 5.41) is 2.59. The number of anilines is 1. The maximum Gasteiger partial charge on any atom is 0.258 e. The number of hydrogen-bond donors (Lipinski definition) is 1. The summed E-state index contributed by atoms with van der Waals surface area (Å²) in [5.74, 6) is -0.968. The molecule has 150 valence electrons. The summed E-state index contributed by atoms with van der Waals surface area (Å²) < 4.78 is 42.6. The third-order valence-electron chi connectivity index (χ3n) is 4.76. The Labute approximate surface area is 173 Å². The molecule has 1 aliphatic rings. The molecule has 0 radical (unpaired) electrons. The average Bonchev–Trinajstić information content (AvgIpc) is 2.63. The van der Waals surface area contributed by atoms with Crippen LogP contribution < -0.4 is 5.32 Å². The molecular formula is C20H22BrFN2O3S. The zero-order valence-electron chi connectivity index (χ0n) is 15.7. The monoisotopic (exact) mass is 468 g/mol. The Hall–Kier alpha value is -1.77. The van der Waals surface area contributed by atoms with E-state index in [2.05, 4.69) is 21.2 Å². The van der Waals surface area contributed by atoms with Crippen LogP contribution in [0.15, 0.2) is 51.8 Å². The van der Waals surface area contributed by atoms with Crippen LogP contribution in [0.4, 0.5) is 10.1 Å². The molecule has 2 aromatic carbocycles. The number of nitrogens with zero attached hydrogens (tertiary/aromatic N) is 1. The Kier molecular flexibility index (Phi) is 6.21. The van der Waals surface area contributed by atoms with Crippen molar-refractivity contribution in [1.82, 2.24) is 4.31 Å². The van der Waals surface area contributed by atoms with Crippen LogP contribution in [0.2, 0.25) is 0 Å². The van der Waals surface area contributed by atoms with Crippen LogP contribution in [-0.2, 0) is 10.0 Å². The first-order chi connectivity index (χ1) is 13.2. The lowest BCUT2D eigenvalue weighted by Gasteiger charge is -2.34. The van der Waals surface area contributed by atoms with E-state index in [0.29, 0.717) is 18.8 Å². The summed E-state index contributed by atoms with van der Waals surface area (Å²) in [7, 11) is -3.80. The Morgan fingerprint density at radius 1 is 1.11 bits per heavy atom. The van der Waals surface area contributed by atoms with E-state index in [0.717, 1.165) is 23.0 Å². The summed E-state index contributed by atoms with van der Waals surface area (Å²) in [6, 6.07) is 10.2. The fourth-order valence-electron chi connectivity index (χ4n) is 3.52. The normalized spacial score (nSPS) is 20.7. The number of benzene rings is 2. The minimum atomic E-state index is -3.80. The maximum absolute atomic E-state index is 14.3. The number of rotatable bonds is 4. The number of halogens is 2. The number of amides is 1. The number of carbonyl (C=O) groups excluding carboxylic acids is 1. The van der Waals surface area contributed by atoms with Gasteiger partial charge in [-0.1, -0.05) is 29.8 Å². The molecule has 2 atom stereocenters. The van der Waals surface area contributed by atoms with Crippen molar-refractivity contribution in [3.63, 3.8) is 0 Å². The molecule has 3 rings (SSSR count). The van der Waals surface area contributed by atoms with Crippen molar-refractivity contribution < 1.29 is 17.6 Å². The predicted octanol–water partition coefficient (Wildman–Crippen LogP) is 4.51. The molecule has 5 nitrogen and oxygen atoms in total. The maximum atomic E-state index is 14.3. The predicted molar refractivity (Wildman–Crippen MR) is 110 cm³/mol. The van der Waals surface area contributed by atoms with Crippen LogP contribution in [0, 0.1) is 17.7 Å². The summed E-state index contributed by atoms with van der Waals surface area (Å²) in [6.45, 7) is 4.87. The van der Waals surface area contributed by atoms with Crippen molar-refractivity contribution in [3.05, 3.63) is 58.3 Å². The molecule has 0 bridgehead atoms. The number of hydrogen-bond acceptors (Lipinski definition) is 3. The smallest absolute Gasteiger partial charge is 0.258 e. The molecule has 8 heteroatoms. The molecule has 1 fully saturated rings. The Balaban J connectivity index is 1.88. The minimum absolute atomic E-state index is 0.0730. The van der Waals surface area contributed by atoms with E-state index in [1.54, 1.807) is 24.3 Å². The molecule has 0 aliphatic carbocycles. The van der Waals surface area contributed by atoms with Crippen molar-refractivity contribution in [1.29, 1.82) is 0 Å². The van der Waals surface area contributed by atoms with Gasteiger partial charge in [-0.25, -0.2) is 12.8 Å². The standard InChI is InChI=1S/C20H22BrFN2O3S/c1-13-9-14(2)12-24(11-13)28(26,27)17-7-8-19(22)18(10-17)20(25)23-16-5-3-15(21)4-6-16/h3-8,10,13-14H,9,11-12H2,1-2H3,(H,23,25). The van der Waals surface area contributed by atoms with Crippen molar-refractivity contribution in [2.45, 2.75) is 25.2 Å². The van der Waals surface area contributed by atoms with E-state index in [1.807, 2.05) is 13.8 Å². The highest BCUT2D eigenvalue weighted by molar-refractivity contribution is 9.10. The molecule has 0 spiro atoms. The number of piperidine rings is 1. The van der Waals surface area contributed by atoms with Crippen molar-refractivity contribution >= 4 is 37.5 Å². The van der Waals surface area contributed by atoms with Crippen LogP contribution in [0.25, 0.3) is 0 Å². The largest absolute Gasteiger partial charge is 0.322 e. The SMILES string of the molecule is CC1CC(C)CN(S(=O)(=O)c2ccc(F)c(C(=O)Nc3ccc(Br)cc3)c2)C1. The van der Waals surface area contributed by atoms with Crippen LogP contribution in [0.3, 0.4) is 0 Å². The van der Waals surface area contributed by atoms with Crippen LogP contribution >= 0.6 is 15.9 Å². The van der Waals surface area contributed by atoms with E-state index < -0.39 is 21.7 Å². The molecule has 2 unspecified atom stereocenters. The second-order valence-electron chi connectivity index (χ2n) is 7.37. The first-order valence-corrected chi connectivity index (χ1v) is 11.3. The highest BCUT2D eigenvalue weighted by atomic mass is 79.9. The number of carbonyl (C=O) groups is 1. The van der Waals surface area contributed by atoms with Crippen molar-refractivity contribution in [2.75, 3.05) is 18.4 Å². The molecule has 1 heterocycles. The van der Waals surface area contributed by atoms with Gasteiger partial charge in [0.15, 0.2) is 0 Å². The molecule has 1 saturated heterocycles. The first-order valence-electron chi connectivity index (χ1n) is 9.03. The zero-order chi connectivity index (χ0) is 20.5. The highest BCUT2D eigenvalue weighted by Crippen LogP contribution is 2.27. The lowest BCUT2D eigenvalue weighted by Crippen LogP contribution is -2.42. The molecule has 28 heavy (non-hydrogen) atoms. The van der Waals surface area contributed by atoms with Crippen molar-refractivity contribution in [2.24, 2.45) is 11.8 Å². The van der Waals surface area contributed by atoms with Gasteiger partial charge in [0.05, 0.1) is 10.5 Å². The van der Waals surface area contributed by atoms with Gasteiger partial charge in [-0.3, -0.25) is 4.79 Å². The van der Waals surface area contributed by atoms with Gasteiger partial charge in [-0.05, 0) is 60.7 Å². The Bertz CT molecular complexity index is 969. The van der Waals surface area contributed by atoms with Gasteiger partial charge in [0, 0.05) is 23.2 Å². The van der Waals surface area contributed by atoms with Gasteiger partial charge in [0.25, 0.3) is 5.91 Å². The van der Waals surface area contributed by atoms with Crippen LogP contribution in [-0.4, -0.2) is 31.7 Å². The number of nitrogens with one attached hydrogen (secondary N) is 1.